The van der Waals surface area contributed by atoms with Crippen molar-refractivity contribution in [3.63, 3.8) is 0 Å². The molecular formula is C11H14ClN3O3. The molecule has 6 nitrogen and oxygen atoms in total. The SMILES string of the molecule is O=[N+]([O-])c1cc(Cl)nc(OCCN2CCCC2)c1. The summed E-state index contributed by atoms with van der Waals surface area (Å²) in [4.78, 5) is 16.3. The molecule has 0 spiro atoms. The van der Waals surface area contributed by atoms with Crippen molar-refractivity contribution in [2.24, 2.45) is 0 Å². The molecule has 0 radical (unpaired) electrons. The second kappa shape index (κ2) is 5.97. The van der Waals surface area contributed by atoms with Crippen LogP contribution in [0.5, 0.6) is 5.88 Å². The van der Waals surface area contributed by atoms with E-state index < -0.39 is 4.92 Å². The zero-order valence-electron chi connectivity index (χ0n) is 9.84. The zero-order chi connectivity index (χ0) is 13.0. The molecule has 1 aliphatic heterocycles. The molecule has 1 aliphatic rings. The van der Waals surface area contributed by atoms with Crippen molar-refractivity contribution < 1.29 is 9.66 Å². The number of halogens is 1. The van der Waals surface area contributed by atoms with Gasteiger partial charge in [-0.15, -0.1) is 0 Å². The fourth-order valence-electron chi connectivity index (χ4n) is 1.92. The van der Waals surface area contributed by atoms with Gasteiger partial charge in [0.1, 0.15) is 11.8 Å². The fourth-order valence-corrected chi connectivity index (χ4v) is 2.12. The molecule has 0 saturated carbocycles. The standard InChI is InChI=1S/C11H14ClN3O3/c12-10-7-9(15(16)17)8-11(13-10)18-6-5-14-3-1-2-4-14/h7-8H,1-6H2. The minimum absolute atomic E-state index is 0.0698. The number of rotatable bonds is 5. The number of hydrogen-bond acceptors (Lipinski definition) is 5. The highest BCUT2D eigenvalue weighted by atomic mass is 35.5. The lowest BCUT2D eigenvalue weighted by Crippen LogP contribution is -2.25. The zero-order valence-corrected chi connectivity index (χ0v) is 10.6. The van der Waals surface area contributed by atoms with Crippen LogP contribution in [0.15, 0.2) is 12.1 Å². The van der Waals surface area contributed by atoms with Crippen molar-refractivity contribution in [1.29, 1.82) is 0 Å². The first kappa shape index (κ1) is 13.0. The number of ether oxygens (including phenoxy) is 1. The lowest BCUT2D eigenvalue weighted by Gasteiger charge is -2.14. The third kappa shape index (κ3) is 3.54. The Morgan fingerprint density at radius 1 is 1.44 bits per heavy atom. The smallest absolute Gasteiger partial charge is 0.277 e. The topological polar surface area (TPSA) is 68.5 Å². The minimum Gasteiger partial charge on any atom is -0.476 e. The molecule has 7 heteroatoms. The Balaban J connectivity index is 1.89. The Hall–Kier alpha value is -1.40. The Labute approximate surface area is 110 Å². The van der Waals surface area contributed by atoms with Crippen molar-refractivity contribution >= 4 is 17.3 Å². The van der Waals surface area contributed by atoms with Crippen LogP contribution in [0, 0.1) is 10.1 Å². The van der Waals surface area contributed by atoms with Gasteiger partial charge < -0.3 is 4.74 Å². The molecule has 0 amide bonds. The van der Waals surface area contributed by atoms with E-state index in [1.165, 1.54) is 25.0 Å². The summed E-state index contributed by atoms with van der Waals surface area (Å²) in [6.45, 7) is 3.45. The van der Waals surface area contributed by atoms with Gasteiger partial charge in [0.15, 0.2) is 0 Å². The van der Waals surface area contributed by atoms with Gasteiger partial charge in [-0.2, -0.15) is 0 Å². The molecule has 1 saturated heterocycles. The van der Waals surface area contributed by atoms with Gasteiger partial charge in [-0.25, -0.2) is 4.98 Å². The summed E-state index contributed by atoms with van der Waals surface area (Å²) in [5.74, 6) is 0.202. The molecule has 0 N–H and O–H groups in total. The van der Waals surface area contributed by atoms with Crippen LogP contribution in [0.25, 0.3) is 0 Å². The molecule has 2 heterocycles. The van der Waals surface area contributed by atoms with Gasteiger partial charge in [0.05, 0.1) is 17.1 Å². The highest BCUT2D eigenvalue weighted by molar-refractivity contribution is 6.29. The number of aromatic nitrogens is 1. The van der Waals surface area contributed by atoms with E-state index in [1.807, 2.05) is 0 Å². The van der Waals surface area contributed by atoms with Crippen LogP contribution in [-0.2, 0) is 0 Å². The molecule has 0 atom stereocenters. The largest absolute Gasteiger partial charge is 0.476 e. The third-order valence-corrected chi connectivity index (χ3v) is 3.02. The van der Waals surface area contributed by atoms with Gasteiger partial charge in [-0.1, -0.05) is 11.6 Å². The summed E-state index contributed by atoms with van der Waals surface area (Å²) in [5.41, 5.74) is -0.105. The van der Waals surface area contributed by atoms with E-state index in [4.69, 9.17) is 16.3 Å². The average Bonchev–Trinajstić information content (AvgIpc) is 2.81. The summed E-state index contributed by atoms with van der Waals surface area (Å²) in [6.07, 6.45) is 2.45. The Kier molecular flexibility index (Phi) is 4.33. The first-order chi connectivity index (χ1) is 8.65. The normalized spacial score (nSPS) is 15.8. The molecule has 0 aromatic carbocycles. The van der Waals surface area contributed by atoms with Gasteiger partial charge >= 0.3 is 0 Å². The molecule has 18 heavy (non-hydrogen) atoms. The molecule has 1 fully saturated rings. The molecule has 1 aromatic rings. The van der Waals surface area contributed by atoms with Crippen LogP contribution in [-0.4, -0.2) is 41.0 Å². The minimum atomic E-state index is -0.513. The first-order valence-electron chi connectivity index (χ1n) is 5.82. The van der Waals surface area contributed by atoms with Crippen molar-refractivity contribution in [1.82, 2.24) is 9.88 Å². The van der Waals surface area contributed by atoms with Gasteiger partial charge in [-0.3, -0.25) is 15.0 Å². The molecular weight excluding hydrogens is 258 g/mol. The van der Waals surface area contributed by atoms with E-state index in [1.54, 1.807) is 0 Å². The summed E-state index contributed by atoms with van der Waals surface area (Å²) in [5, 5.41) is 10.7. The van der Waals surface area contributed by atoms with Crippen LogP contribution in [0.1, 0.15) is 12.8 Å². The van der Waals surface area contributed by atoms with Gasteiger partial charge in [0.2, 0.25) is 5.88 Å². The number of nitrogens with zero attached hydrogens (tertiary/aromatic N) is 3. The monoisotopic (exact) mass is 271 g/mol. The Morgan fingerprint density at radius 2 is 2.17 bits per heavy atom. The van der Waals surface area contributed by atoms with E-state index in [9.17, 15) is 10.1 Å². The maximum absolute atomic E-state index is 10.6. The molecule has 1 aromatic heterocycles. The second-order valence-electron chi connectivity index (χ2n) is 4.14. The van der Waals surface area contributed by atoms with Crippen molar-refractivity contribution in [3.8, 4) is 5.88 Å². The number of nitro groups is 1. The second-order valence-corrected chi connectivity index (χ2v) is 4.53. The molecule has 2 rings (SSSR count). The Morgan fingerprint density at radius 3 is 2.83 bits per heavy atom. The highest BCUT2D eigenvalue weighted by Gasteiger charge is 2.13. The Bertz CT molecular complexity index is 436. The predicted octanol–water partition coefficient (Wildman–Crippen LogP) is 2.12. The van der Waals surface area contributed by atoms with Crippen molar-refractivity contribution in [3.05, 3.63) is 27.4 Å². The van der Waals surface area contributed by atoms with Gasteiger partial charge in [0, 0.05) is 6.54 Å². The summed E-state index contributed by atoms with van der Waals surface area (Å²) >= 11 is 5.69. The predicted molar refractivity (Wildman–Crippen MR) is 67.1 cm³/mol. The van der Waals surface area contributed by atoms with Crippen LogP contribution < -0.4 is 4.74 Å². The summed E-state index contributed by atoms with van der Waals surface area (Å²) in [7, 11) is 0. The number of pyridine rings is 1. The molecule has 0 unspecified atom stereocenters. The summed E-state index contributed by atoms with van der Waals surface area (Å²) < 4.78 is 5.40. The van der Waals surface area contributed by atoms with Crippen LogP contribution in [0.3, 0.4) is 0 Å². The summed E-state index contributed by atoms with van der Waals surface area (Å²) in [6, 6.07) is 2.49. The van der Waals surface area contributed by atoms with Gasteiger partial charge in [0.25, 0.3) is 5.69 Å². The maximum atomic E-state index is 10.6. The van der Waals surface area contributed by atoms with E-state index in [0.29, 0.717) is 6.61 Å². The first-order valence-corrected chi connectivity index (χ1v) is 6.20. The van der Waals surface area contributed by atoms with E-state index >= 15 is 0 Å². The number of likely N-dealkylation sites (tertiary alicyclic amines) is 1. The van der Waals surface area contributed by atoms with Crippen LogP contribution in [0.2, 0.25) is 5.15 Å². The quantitative estimate of drug-likeness (QED) is 0.466. The van der Waals surface area contributed by atoms with Gasteiger partial charge in [-0.05, 0) is 25.9 Å². The molecule has 98 valence electrons. The lowest BCUT2D eigenvalue weighted by atomic mass is 10.4. The van der Waals surface area contributed by atoms with E-state index in [2.05, 4.69) is 9.88 Å². The van der Waals surface area contributed by atoms with E-state index in [0.717, 1.165) is 19.6 Å². The van der Waals surface area contributed by atoms with Crippen LogP contribution in [0.4, 0.5) is 5.69 Å². The highest BCUT2D eigenvalue weighted by Crippen LogP contribution is 2.22. The van der Waals surface area contributed by atoms with Crippen molar-refractivity contribution in [2.45, 2.75) is 12.8 Å². The van der Waals surface area contributed by atoms with Crippen molar-refractivity contribution in [2.75, 3.05) is 26.2 Å². The van der Waals surface area contributed by atoms with Crippen LogP contribution >= 0.6 is 11.6 Å². The lowest BCUT2D eigenvalue weighted by molar-refractivity contribution is -0.385. The maximum Gasteiger partial charge on any atom is 0.277 e. The fraction of sp³-hybridized carbons (Fsp3) is 0.545. The average molecular weight is 272 g/mol. The molecule has 0 aliphatic carbocycles. The number of hydrogen-bond donors (Lipinski definition) is 0. The van der Waals surface area contributed by atoms with E-state index in [-0.39, 0.29) is 16.7 Å². The molecule has 0 bridgehead atoms. The third-order valence-electron chi connectivity index (χ3n) is 2.82.